The van der Waals surface area contributed by atoms with Gasteiger partial charge in [0.15, 0.2) is 0 Å². The first-order chi connectivity index (χ1) is 7.06. The Morgan fingerprint density at radius 3 is 2.47 bits per heavy atom. The van der Waals surface area contributed by atoms with Crippen LogP contribution in [0.25, 0.3) is 0 Å². The fraction of sp³-hybridized carbons (Fsp3) is 0.300. The Hall–Kier alpha value is -1.06. The topological polar surface area (TPSA) is 29.4 Å². The molecule has 0 heterocycles. The van der Waals surface area contributed by atoms with Crippen LogP contribution in [0.1, 0.15) is 12.0 Å². The SMILES string of the molecule is O=C=NCCC(F)(F)c1ccc(Br)cc1. The Kier molecular flexibility index (Phi) is 4.12. The van der Waals surface area contributed by atoms with Gasteiger partial charge < -0.3 is 0 Å². The number of halogens is 3. The third kappa shape index (κ3) is 3.53. The van der Waals surface area contributed by atoms with Crippen LogP contribution in [0.2, 0.25) is 0 Å². The van der Waals surface area contributed by atoms with Gasteiger partial charge in [0, 0.05) is 16.5 Å². The summed E-state index contributed by atoms with van der Waals surface area (Å²) in [7, 11) is 0. The zero-order valence-electron chi connectivity index (χ0n) is 7.71. The summed E-state index contributed by atoms with van der Waals surface area (Å²) in [6.07, 6.45) is 0.753. The molecule has 15 heavy (non-hydrogen) atoms. The number of nitrogens with zero attached hydrogens (tertiary/aromatic N) is 1. The highest BCUT2D eigenvalue weighted by atomic mass is 79.9. The summed E-state index contributed by atoms with van der Waals surface area (Å²) in [5, 5.41) is 0. The van der Waals surface area contributed by atoms with Crippen LogP contribution in [0, 0.1) is 0 Å². The first-order valence-electron chi connectivity index (χ1n) is 4.24. The second-order valence-corrected chi connectivity index (χ2v) is 3.85. The van der Waals surface area contributed by atoms with Gasteiger partial charge in [0.2, 0.25) is 6.08 Å². The average molecular weight is 276 g/mol. The Labute approximate surface area is 94.1 Å². The van der Waals surface area contributed by atoms with Crippen LogP contribution in [0.4, 0.5) is 8.78 Å². The maximum Gasteiger partial charge on any atom is 0.275 e. The lowest BCUT2D eigenvalue weighted by atomic mass is 10.1. The molecular formula is C10H8BrF2NO. The Morgan fingerprint density at radius 2 is 1.93 bits per heavy atom. The molecular weight excluding hydrogens is 268 g/mol. The van der Waals surface area contributed by atoms with E-state index in [2.05, 4.69) is 20.9 Å². The molecule has 0 saturated heterocycles. The standard InChI is InChI=1S/C10H8BrF2NO/c11-9-3-1-8(2-4-9)10(12,13)5-6-14-7-15/h1-4H,5-6H2. The summed E-state index contributed by atoms with van der Waals surface area (Å²) in [4.78, 5) is 12.8. The van der Waals surface area contributed by atoms with E-state index in [1.807, 2.05) is 0 Å². The molecule has 0 unspecified atom stereocenters. The number of rotatable bonds is 4. The van der Waals surface area contributed by atoms with E-state index >= 15 is 0 Å². The van der Waals surface area contributed by atoms with Crippen molar-refractivity contribution in [3.05, 3.63) is 34.3 Å². The Morgan fingerprint density at radius 1 is 1.33 bits per heavy atom. The van der Waals surface area contributed by atoms with Crippen molar-refractivity contribution in [2.24, 2.45) is 4.99 Å². The molecule has 0 saturated carbocycles. The van der Waals surface area contributed by atoms with Crippen molar-refractivity contribution in [3.8, 4) is 0 Å². The van der Waals surface area contributed by atoms with Crippen molar-refractivity contribution in [3.63, 3.8) is 0 Å². The maximum atomic E-state index is 13.4. The molecule has 0 fully saturated rings. The third-order valence-corrected chi connectivity index (χ3v) is 2.40. The fourth-order valence-electron chi connectivity index (χ4n) is 1.08. The zero-order chi connectivity index (χ0) is 11.3. The van der Waals surface area contributed by atoms with Crippen molar-refractivity contribution < 1.29 is 13.6 Å². The van der Waals surface area contributed by atoms with Crippen molar-refractivity contribution in [2.45, 2.75) is 12.3 Å². The largest absolute Gasteiger partial charge is 0.275 e. The van der Waals surface area contributed by atoms with E-state index in [-0.39, 0.29) is 12.1 Å². The molecule has 0 atom stereocenters. The maximum absolute atomic E-state index is 13.4. The van der Waals surface area contributed by atoms with Crippen molar-refractivity contribution in [1.82, 2.24) is 0 Å². The molecule has 0 N–H and O–H groups in total. The molecule has 0 aliphatic carbocycles. The molecule has 5 heteroatoms. The lowest BCUT2D eigenvalue weighted by Crippen LogP contribution is -2.14. The third-order valence-electron chi connectivity index (χ3n) is 1.87. The van der Waals surface area contributed by atoms with Crippen LogP contribution in [-0.2, 0) is 10.7 Å². The van der Waals surface area contributed by atoms with Gasteiger partial charge in [0.05, 0.1) is 6.54 Å². The minimum Gasteiger partial charge on any atom is -0.211 e. The number of isocyanates is 1. The Balaban J connectivity index is 2.75. The molecule has 1 aromatic rings. The van der Waals surface area contributed by atoms with E-state index in [9.17, 15) is 13.6 Å². The normalized spacial score (nSPS) is 10.9. The van der Waals surface area contributed by atoms with Gasteiger partial charge in [0.25, 0.3) is 5.92 Å². The van der Waals surface area contributed by atoms with Gasteiger partial charge >= 0.3 is 0 Å². The van der Waals surface area contributed by atoms with Crippen LogP contribution < -0.4 is 0 Å². The van der Waals surface area contributed by atoms with E-state index in [4.69, 9.17) is 0 Å². The second kappa shape index (κ2) is 5.14. The average Bonchev–Trinajstić information content (AvgIpc) is 2.18. The quantitative estimate of drug-likeness (QED) is 0.613. The molecule has 1 rings (SSSR count). The van der Waals surface area contributed by atoms with Crippen LogP contribution in [0.3, 0.4) is 0 Å². The number of aliphatic imine (C=N–C) groups is 1. The molecule has 0 aliphatic heterocycles. The first-order valence-corrected chi connectivity index (χ1v) is 5.03. The highest BCUT2D eigenvalue weighted by Crippen LogP contribution is 2.32. The van der Waals surface area contributed by atoms with E-state index in [1.165, 1.54) is 18.2 Å². The molecule has 2 nitrogen and oxygen atoms in total. The highest BCUT2D eigenvalue weighted by molar-refractivity contribution is 9.10. The molecule has 80 valence electrons. The number of carbonyl (C=O) groups excluding carboxylic acids is 1. The van der Waals surface area contributed by atoms with Gasteiger partial charge in [-0.2, -0.15) is 0 Å². The summed E-state index contributed by atoms with van der Waals surface area (Å²) < 4.78 is 27.6. The van der Waals surface area contributed by atoms with Crippen molar-refractivity contribution in [1.29, 1.82) is 0 Å². The van der Waals surface area contributed by atoms with Gasteiger partial charge in [-0.15, -0.1) is 0 Å². The lowest BCUT2D eigenvalue weighted by Gasteiger charge is -2.15. The van der Waals surface area contributed by atoms with E-state index < -0.39 is 12.3 Å². The fourth-order valence-corrected chi connectivity index (χ4v) is 1.34. The molecule has 0 radical (unpaired) electrons. The highest BCUT2D eigenvalue weighted by Gasteiger charge is 2.30. The second-order valence-electron chi connectivity index (χ2n) is 2.93. The number of alkyl halides is 2. The minimum absolute atomic E-state index is 0.0770. The molecule has 0 amide bonds. The van der Waals surface area contributed by atoms with Gasteiger partial charge in [-0.3, -0.25) is 0 Å². The molecule has 1 aromatic carbocycles. The summed E-state index contributed by atoms with van der Waals surface area (Å²) in [6.45, 7) is -0.216. The van der Waals surface area contributed by atoms with Gasteiger partial charge in [-0.05, 0) is 12.1 Å². The van der Waals surface area contributed by atoms with Gasteiger partial charge in [0.1, 0.15) is 0 Å². The smallest absolute Gasteiger partial charge is 0.211 e. The molecule has 0 aliphatic rings. The van der Waals surface area contributed by atoms with Crippen molar-refractivity contribution in [2.75, 3.05) is 6.54 Å². The van der Waals surface area contributed by atoms with E-state index in [0.29, 0.717) is 0 Å². The monoisotopic (exact) mass is 275 g/mol. The van der Waals surface area contributed by atoms with Crippen LogP contribution >= 0.6 is 15.9 Å². The zero-order valence-corrected chi connectivity index (χ0v) is 9.30. The molecule has 0 spiro atoms. The van der Waals surface area contributed by atoms with Crippen molar-refractivity contribution >= 4 is 22.0 Å². The van der Waals surface area contributed by atoms with Crippen LogP contribution in [0.15, 0.2) is 33.7 Å². The minimum atomic E-state index is -2.96. The van der Waals surface area contributed by atoms with Crippen LogP contribution in [-0.4, -0.2) is 12.6 Å². The van der Waals surface area contributed by atoms with E-state index in [0.717, 1.165) is 4.47 Å². The predicted octanol–water partition coefficient (Wildman–Crippen LogP) is 3.27. The lowest BCUT2D eigenvalue weighted by molar-refractivity contribution is -0.0106. The van der Waals surface area contributed by atoms with Gasteiger partial charge in [-0.25, -0.2) is 18.6 Å². The van der Waals surface area contributed by atoms with Crippen LogP contribution in [0.5, 0.6) is 0 Å². The molecule has 0 bridgehead atoms. The van der Waals surface area contributed by atoms with Gasteiger partial charge in [-0.1, -0.05) is 28.1 Å². The Bertz CT molecular complexity index is 372. The molecule has 0 aromatic heterocycles. The summed E-state index contributed by atoms with van der Waals surface area (Å²) in [5.74, 6) is -2.96. The van der Waals surface area contributed by atoms with E-state index in [1.54, 1.807) is 12.1 Å². The first kappa shape index (κ1) is 12.0. The number of hydrogen-bond acceptors (Lipinski definition) is 2. The summed E-state index contributed by atoms with van der Waals surface area (Å²) >= 11 is 3.16. The predicted molar refractivity (Wildman–Crippen MR) is 55.6 cm³/mol. The number of hydrogen-bond donors (Lipinski definition) is 0. The summed E-state index contributed by atoms with van der Waals surface area (Å²) in [6, 6.07) is 5.78. The summed E-state index contributed by atoms with van der Waals surface area (Å²) in [5.41, 5.74) is -0.0770. The number of benzene rings is 1.